The fourth-order valence-corrected chi connectivity index (χ4v) is 2.31. The number of imidazole rings is 1. The molecule has 0 aliphatic heterocycles. The van der Waals surface area contributed by atoms with Crippen molar-refractivity contribution in [2.24, 2.45) is 7.05 Å². The monoisotopic (exact) mass is 273 g/mol. The molecule has 0 aliphatic carbocycles. The van der Waals surface area contributed by atoms with E-state index >= 15 is 0 Å². The van der Waals surface area contributed by atoms with Gasteiger partial charge in [0.1, 0.15) is 12.1 Å². The van der Waals surface area contributed by atoms with E-state index in [4.69, 9.17) is 9.26 Å². The highest BCUT2D eigenvalue weighted by Crippen LogP contribution is 2.25. The van der Waals surface area contributed by atoms with Crippen LogP contribution in [0.5, 0.6) is 0 Å². The molecule has 0 unspecified atom stereocenters. The molecule has 7 nitrogen and oxygen atoms in total. The summed E-state index contributed by atoms with van der Waals surface area (Å²) in [5.74, 6) is 1.68. The molecular weight excluding hydrogens is 258 g/mol. The van der Waals surface area contributed by atoms with Crippen LogP contribution in [0.3, 0.4) is 0 Å². The summed E-state index contributed by atoms with van der Waals surface area (Å²) in [6.07, 6.45) is 6.83. The number of methoxy groups -OCH3 is 1. The van der Waals surface area contributed by atoms with Crippen molar-refractivity contribution in [1.82, 2.24) is 24.5 Å². The van der Waals surface area contributed by atoms with Crippen molar-refractivity contribution in [3.05, 3.63) is 36.1 Å². The van der Waals surface area contributed by atoms with Crippen molar-refractivity contribution >= 4 is 0 Å². The molecule has 20 heavy (non-hydrogen) atoms. The second-order valence-electron chi connectivity index (χ2n) is 4.48. The van der Waals surface area contributed by atoms with Crippen LogP contribution >= 0.6 is 0 Å². The summed E-state index contributed by atoms with van der Waals surface area (Å²) in [7, 11) is 3.57. The van der Waals surface area contributed by atoms with Crippen LogP contribution in [-0.2, 0) is 18.4 Å². The Morgan fingerprint density at radius 2 is 2.25 bits per heavy atom. The van der Waals surface area contributed by atoms with Crippen LogP contribution in [0.2, 0.25) is 0 Å². The van der Waals surface area contributed by atoms with Crippen LogP contribution in [-0.4, -0.2) is 31.6 Å². The number of aromatic nitrogens is 5. The van der Waals surface area contributed by atoms with E-state index in [1.54, 1.807) is 25.8 Å². The van der Waals surface area contributed by atoms with E-state index in [0.29, 0.717) is 6.61 Å². The lowest BCUT2D eigenvalue weighted by molar-refractivity contribution is 0.184. The fourth-order valence-electron chi connectivity index (χ4n) is 2.31. The van der Waals surface area contributed by atoms with Crippen LogP contribution in [0.4, 0.5) is 0 Å². The topological polar surface area (TPSA) is 70.9 Å². The number of rotatable bonds is 4. The Kier molecular flexibility index (Phi) is 3.11. The molecule has 104 valence electrons. The zero-order chi connectivity index (χ0) is 14.1. The Bertz CT molecular complexity index is 711. The van der Waals surface area contributed by atoms with Gasteiger partial charge in [0.15, 0.2) is 5.82 Å². The highest BCUT2D eigenvalue weighted by atomic mass is 16.5. The average Bonchev–Trinajstić information content (AvgIpc) is 3.11. The summed E-state index contributed by atoms with van der Waals surface area (Å²) in [5, 5.41) is 8.18. The largest absolute Gasteiger partial charge is 0.380 e. The molecule has 0 aromatic carbocycles. The van der Waals surface area contributed by atoms with Gasteiger partial charge in [-0.3, -0.25) is 9.25 Å². The second kappa shape index (κ2) is 4.93. The van der Waals surface area contributed by atoms with Gasteiger partial charge in [-0.2, -0.15) is 5.10 Å². The molecule has 3 aromatic heterocycles. The fraction of sp³-hybridized carbons (Fsp3) is 0.308. The second-order valence-corrected chi connectivity index (χ2v) is 4.48. The maximum atomic E-state index is 5.27. The summed E-state index contributed by atoms with van der Waals surface area (Å²) in [5.41, 5.74) is 2.79. The van der Waals surface area contributed by atoms with Crippen LogP contribution < -0.4 is 0 Å². The van der Waals surface area contributed by atoms with Gasteiger partial charge in [-0.05, 0) is 6.92 Å². The highest BCUT2D eigenvalue weighted by Gasteiger charge is 2.18. The molecular formula is C13H15N5O2. The number of nitrogens with zero attached hydrogens (tertiary/aromatic N) is 5. The summed E-state index contributed by atoms with van der Waals surface area (Å²) < 4.78 is 13.9. The molecule has 0 saturated carbocycles. The molecule has 7 heteroatoms. The van der Waals surface area contributed by atoms with Gasteiger partial charge in [0, 0.05) is 32.1 Å². The molecule has 0 aliphatic rings. The van der Waals surface area contributed by atoms with Gasteiger partial charge in [0.2, 0.25) is 0 Å². The van der Waals surface area contributed by atoms with Crippen LogP contribution in [0, 0.1) is 6.92 Å². The van der Waals surface area contributed by atoms with Crippen molar-refractivity contribution in [1.29, 1.82) is 0 Å². The quantitative estimate of drug-likeness (QED) is 0.723. The lowest BCUT2D eigenvalue weighted by Crippen LogP contribution is -2.06. The van der Waals surface area contributed by atoms with Crippen molar-refractivity contribution in [3.8, 4) is 17.2 Å². The summed E-state index contributed by atoms with van der Waals surface area (Å²) in [4.78, 5) is 4.37. The molecule has 0 fully saturated rings. The first kappa shape index (κ1) is 12.6. The molecule has 0 amide bonds. The number of hydrogen-bond donors (Lipinski definition) is 0. The van der Waals surface area contributed by atoms with Gasteiger partial charge in [0.05, 0.1) is 24.1 Å². The number of aryl methyl sites for hydroxylation is 2. The predicted octanol–water partition coefficient (Wildman–Crippen LogP) is 1.72. The SMILES string of the molecule is COCc1c(C)nn(C)c1-n1ccnc1-c1cnoc1. The molecule has 3 rings (SSSR count). The van der Waals surface area contributed by atoms with E-state index in [1.807, 2.05) is 29.4 Å². The number of hydrogen-bond acceptors (Lipinski definition) is 5. The third kappa shape index (κ3) is 1.92. The summed E-state index contributed by atoms with van der Waals surface area (Å²) in [6.45, 7) is 2.46. The normalized spacial score (nSPS) is 11.2. The van der Waals surface area contributed by atoms with Gasteiger partial charge in [-0.25, -0.2) is 4.98 Å². The first-order valence-corrected chi connectivity index (χ1v) is 6.17. The Morgan fingerprint density at radius 3 is 2.95 bits per heavy atom. The van der Waals surface area contributed by atoms with Gasteiger partial charge in [-0.1, -0.05) is 5.16 Å². The lowest BCUT2D eigenvalue weighted by atomic mass is 10.2. The Hall–Kier alpha value is -2.41. The smallest absolute Gasteiger partial charge is 0.150 e. The molecule has 0 atom stereocenters. The predicted molar refractivity (Wildman–Crippen MR) is 71.3 cm³/mol. The van der Waals surface area contributed by atoms with Gasteiger partial charge >= 0.3 is 0 Å². The van der Waals surface area contributed by atoms with Crippen molar-refractivity contribution in [3.63, 3.8) is 0 Å². The molecule has 0 saturated heterocycles. The zero-order valence-electron chi connectivity index (χ0n) is 11.6. The number of ether oxygens (including phenoxy) is 1. The first-order chi connectivity index (χ1) is 9.72. The molecule has 0 spiro atoms. The Morgan fingerprint density at radius 1 is 1.40 bits per heavy atom. The maximum absolute atomic E-state index is 5.27. The highest BCUT2D eigenvalue weighted by molar-refractivity contribution is 5.56. The minimum absolute atomic E-state index is 0.496. The van der Waals surface area contributed by atoms with Crippen molar-refractivity contribution < 1.29 is 9.26 Å². The van der Waals surface area contributed by atoms with E-state index in [9.17, 15) is 0 Å². The van der Waals surface area contributed by atoms with E-state index in [-0.39, 0.29) is 0 Å². The van der Waals surface area contributed by atoms with Crippen molar-refractivity contribution in [2.75, 3.05) is 7.11 Å². The molecule has 0 radical (unpaired) electrons. The Labute approximate surface area is 115 Å². The summed E-state index contributed by atoms with van der Waals surface area (Å²) in [6, 6.07) is 0. The minimum atomic E-state index is 0.496. The maximum Gasteiger partial charge on any atom is 0.150 e. The van der Waals surface area contributed by atoms with E-state index in [0.717, 1.165) is 28.5 Å². The third-order valence-corrected chi connectivity index (χ3v) is 3.16. The molecule has 3 aromatic rings. The minimum Gasteiger partial charge on any atom is -0.380 e. The zero-order valence-corrected chi connectivity index (χ0v) is 11.6. The van der Waals surface area contributed by atoms with E-state index in [1.165, 1.54) is 0 Å². The van der Waals surface area contributed by atoms with Crippen molar-refractivity contribution in [2.45, 2.75) is 13.5 Å². The van der Waals surface area contributed by atoms with E-state index < -0.39 is 0 Å². The van der Waals surface area contributed by atoms with Crippen LogP contribution in [0.1, 0.15) is 11.3 Å². The average molecular weight is 273 g/mol. The standard InChI is InChI=1S/C13H15N5O2/c1-9-11(8-19-3)13(17(2)16-9)18-5-4-14-12(18)10-6-15-20-7-10/h4-7H,8H2,1-3H3. The molecule has 0 bridgehead atoms. The van der Waals surface area contributed by atoms with Gasteiger partial charge in [0.25, 0.3) is 0 Å². The summed E-state index contributed by atoms with van der Waals surface area (Å²) >= 11 is 0. The van der Waals surface area contributed by atoms with Crippen LogP contribution in [0.15, 0.2) is 29.4 Å². The Balaban J connectivity index is 2.18. The van der Waals surface area contributed by atoms with Gasteiger partial charge < -0.3 is 9.26 Å². The van der Waals surface area contributed by atoms with Gasteiger partial charge in [-0.15, -0.1) is 0 Å². The van der Waals surface area contributed by atoms with Crippen LogP contribution in [0.25, 0.3) is 17.2 Å². The lowest BCUT2D eigenvalue weighted by Gasteiger charge is -2.09. The van der Waals surface area contributed by atoms with E-state index in [2.05, 4.69) is 15.2 Å². The molecule has 3 heterocycles. The third-order valence-electron chi connectivity index (χ3n) is 3.16. The molecule has 0 N–H and O–H groups in total. The first-order valence-electron chi connectivity index (χ1n) is 6.17.